The van der Waals surface area contributed by atoms with Crippen LogP contribution in [-0.2, 0) is 6.42 Å². The van der Waals surface area contributed by atoms with Crippen LogP contribution in [0.4, 0.5) is 8.78 Å². The number of halogens is 2. The lowest BCUT2D eigenvalue weighted by atomic mass is 10.1. The average molecular weight is 240 g/mol. The standard InChI is InChI=1S/C11H10F2N2S/c12-7-1-2-9(13)8(5-7)10-6-14-11(15-10)3-4-16/h1-2,5-6,16H,3-4H2,(H,14,15). The lowest BCUT2D eigenvalue weighted by Crippen LogP contribution is -1.90. The van der Waals surface area contributed by atoms with Gasteiger partial charge in [0.1, 0.15) is 17.5 Å². The Labute approximate surface area is 97.1 Å². The third-order valence-corrected chi connectivity index (χ3v) is 2.42. The molecule has 1 aromatic heterocycles. The van der Waals surface area contributed by atoms with Crippen molar-refractivity contribution in [3.8, 4) is 11.3 Å². The average Bonchev–Trinajstić information content (AvgIpc) is 2.71. The number of H-pyrrole nitrogens is 1. The predicted octanol–water partition coefficient (Wildman–Crippen LogP) is 2.83. The molecule has 0 unspecified atom stereocenters. The van der Waals surface area contributed by atoms with Crippen LogP contribution in [0, 0.1) is 11.6 Å². The molecule has 1 heterocycles. The van der Waals surface area contributed by atoms with Gasteiger partial charge in [0.2, 0.25) is 0 Å². The Balaban J connectivity index is 2.38. The van der Waals surface area contributed by atoms with Gasteiger partial charge in [-0.1, -0.05) is 0 Å². The second-order valence-electron chi connectivity index (χ2n) is 3.34. The Hall–Kier alpha value is -1.36. The summed E-state index contributed by atoms with van der Waals surface area (Å²) in [7, 11) is 0. The Morgan fingerprint density at radius 2 is 2.12 bits per heavy atom. The van der Waals surface area contributed by atoms with Crippen molar-refractivity contribution < 1.29 is 8.78 Å². The van der Waals surface area contributed by atoms with Crippen molar-refractivity contribution in [2.45, 2.75) is 6.42 Å². The number of benzene rings is 1. The van der Waals surface area contributed by atoms with Crippen LogP contribution in [0.2, 0.25) is 0 Å². The number of aromatic nitrogens is 2. The molecule has 0 saturated heterocycles. The fourth-order valence-corrected chi connectivity index (χ4v) is 1.65. The number of aromatic amines is 1. The largest absolute Gasteiger partial charge is 0.342 e. The van der Waals surface area contributed by atoms with Gasteiger partial charge in [-0.05, 0) is 24.0 Å². The summed E-state index contributed by atoms with van der Waals surface area (Å²) in [5.41, 5.74) is 0.673. The quantitative estimate of drug-likeness (QED) is 0.793. The maximum Gasteiger partial charge on any atom is 0.132 e. The van der Waals surface area contributed by atoms with Crippen molar-refractivity contribution in [3.05, 3.63) is 41.9 Å². The van der Waals surface area contributed by atoms with Gasteiger partial charge in [0.15, 0.2) is 0 Å². The molecule has 0 amide bonds. The van der Waals surface area contributed by atoms with E-state index in [1.165, 1.54) is 6.20 Å². The van der Waals surface area contributed by atoms with Gasteiger partial charge in [-0.25, -0.2) is 13.8 Å². The Morgan fingerprint density at radius 1 is 1.31 bits per heavy atom. The maximum atomic E-state index is 13.4. The lowest BCUT2D eigenvalue weighted by Gasteiger charge is -1.99. The van der Waals surface area contributed by atoms with Gasteiger partial charge >= 0.3 is 0 Å². The van der Waals surface area contributed by atoms with Gasteiger partial charge in [-0.3, -0.25) is 0 Å². The van der Waals surface area contributed by atoms with Gasteiger partial charge < -0.3 is 4.98 Å². The van der Waals surface area contributed by atoms with Crippen LogP contribution in [0.5, 0.6) is 0 Å². The first-order chi connectivity index (χ1) is 7.70. The monoisotopic (exact) mass is 240 g/mol. The van der Waals surface area contributed by atoms with Crippen molar-refractivity contribution in [1.29, 1.82) is 0 Å². The first-order valence-electron chi connectivity index (χ1n) is 4.81. The molecular formula is C11H10F2N2S. The zero-order valence-electron chi connectivity index (χ0n) is 8.37. The van der Waals surface area contributed by atoms with E-state index in [2.05, 4.69) is 22.6 Å². The van der Waals surface area contributed by atoms with Crippen molar-refractivity contribution in [2.75, 3.05) is 5.75 Å². The highest BCUT2D eigenvalue weighted by Gasteiger charge is 2.09. The van der Waals surface area contributed by atoms with Crippen LogP contribution < -0.4 is 0 Å². The molecule has 1 aromatic carbocycles. The molecule has 0 saturated carbocycles. The minimum absolute atomic E-state index is 0.193. The first kappa shape index (κ1) is 11.1. The number of rotatable bonds is 3. The van der Waals surface area contributed by atoms with Crippen molar-refractivity contribution in [2.24, 2.45) is 0 Å². The van der Waals surface area contributed by atoms with E-state index in [0.717, 1.165) is 18.2 Å². The van der Waals surface area contributed by atoms with Crippen molar-refractivity contribution in [3.63, 3.8) is 0 Å². The van der Waals surface area contributed by atoms with Gasteiger partial charge in [-0.15, -0.1) is 0 Å². The van der Waals surface area contributed by atoms with E-state index < -0.39 is 11.6 Å². The summed E-state index contributed by atoms with van der Waals surface area (Å²) in [5, 5.41) is 0. The molecule has 0 spiro atoms. The summed E-state index contributed by atoms with van der Waals surface area (Å²) in [6, 6.07) is 3.33. The molecule has 0 aliphatic carbocycles. The van der Waals surface area contributed by atoms with E-state index in [9.17, 15) is 8.78 Å². The molecule has 16 heavy (non-hydrogen) atoms. The maximum absolute atomic E-state index is 13.4. The summed E-state index contributed by atoms with van der Waals surface area (Å²) >= 11 is 4.07. The number of aryl methyl sites for hydroxylation is 1. The molecule has 0 aliphatic rings. The van der Waals surface area contributed by atoms with Gasteiger partial charge in [0, 0.05) is 12.0 Å². The van der Waals surface area contributed by atoms with E-state index in [-0.39, 0.29) is 5.56 Å². The zero-order valence-corrected chi connectivity index (χ0v) is 9.27. The van der Waals surface area contributed by atoms with Crippen LogP contribution in [0.3, 0.4) is 0 Å². The Kier molecular flexibility index (Phi) is 3.24. The number of nitrogens with one attached hydrogen (secondary N) is 1. The van der Waals surface area contributed by atoms with Gasteiger partial charge in [-0.2, -0.15) is 12.6 Å². The van der Waals surface area contributed by atoms with Crippen LogP contribution >= 0.6 is 12.6 Å². The molecule has 0 radical (unpaired) electrons. The number of imidazole rings is 1. The first-order valence-corrected chi connectivity index (χ1v) is 5.44. The summed E-state index contributed by atoms with van der Waals surface area (Å²) in [6.07, 6.45) is 2.16. The summed E-state index contributed by atoms with van der Waals surface area (Å²) < 4.78 is 26.4. The molecule has 2 rings (SSSR count). The lowest BCUT2D eigenvalue weighted by molar-refractivity contribution is 0.602. The van der Waals surface area contributed by atoms with Crippen LogP contribution in [0.1, 0.15) is 5.82 Å². The summed E-state index contributed by atoms with van der Waals surface area (Å²) in [5.74, 6) is 0.427. The Bertz CT molecular complexity index is 496. The molecule has 0 atom stereocenters. The van der Waals surface area contributed by atoms with E-state index >= 15 is 0 Å². The number of thiol groups is 1. The van der Waals surface area contributed by atoms with Gasteiger partial charge in [0.25, 0.3) is 0 Å². The molecule has 5 heteroatoms. The highest BCUT2D eigenvalue weighted by molar-refractivity contribution is 7.80. The van der Waals surface area contributed by atoms with Crippen LogP contribution in [0.25, 0.3) is 11.3 Å². The molecule has 0 fully saturated rings. The van der Waals surface area contributed by atoms with Crippen molar-refractivity contribution in [1.82, 2.24) is 9.97 Å². The van der Waals surface area contributed by atoms with Gasteiger partial charge in [0.05, 0.1) is 11.9 Å². The SMILES string of the molecule is Fc1ccc(F)c(-c2cnc(CCS)[nH]2)c1. The molecule has 1 N–H and O–H groups in total. The number of hydrogen-bond acceptors (Lipinski definition) is 2. The van der Waals surface area contributed by atoms with E-state index in [1.807, 2.05) is 0 Å². The Morgan fingerprint density at radius 3 is 2.88 bits per heavy atom. The van der Waals surface area contributed by atoms with E-state index in [0.29, 0.717) is 23.7 Å². The third-order valence-electron chi connectivity index (χ3n) is 2.20. The second-order valence-corrected chi connectivity index (χ2v) is 3.79. The fourth-order valence-electron chi connectivity index (χ4n) is 1.44. The van der Waals surface area contributed by atoms with Crippen LogP contribution in [0.15, 0.2) is 24.4 Å². The second kappa shape index (κ2) is 4.65. The summed E-state index contributed by atoms with van der Waals surface area (Å²) in [4.78, 5) is 6.99. The van der Waals surface area contributed by atoms with Crippen LogP contribution in [-0.4, -0.2) is 15.7 Å². The summed E-state index contributed by atoms with van der Waals surface area (Å²) in [6.45, 7) is 0. The minimum Gasteiger partial charge on any atom is -0.342 e. The van der Waals surface area contributed by atoms with E-state index in [4.69, 9.17) is 0 Å². The smallest absolute Gasteiger partial charge is 0.132 e. The zero-order chi connectivity index (χ0) is 11.5. The molecule has 0 bridgehead atoms. The topological polar surface area (TPSA) is 28.7 Å². The predicted molar refractivity (Wildman–Crippen MR) is 61.5 cm³/mol. The molecule has 84 valence electrons. The fraction of sp³-hybridized carbons (Fsp3) is 0.182. The third kappa shape index (κ3) is 2.24. The highest BCUT2D eigenvalue weighted by atomic mass is 32.1. The van der Waals surface area contributed by atoms with Crippen molar-refractivity contribution >= 4 is 12.6 Å². The molecule has 2 nitrogen and oxygen atoms in total. The molecular weight excluding hydrogens is 230 g/mol. The van der Waals surface area contributed by atoms with E-state index in [1.54, 1.807) is 0 Å². The number of nitrogens with zero attached hydrogens (tertiary/aromatic N) is 1. The molecule has 0 aliphatic heterocycles. The number of hydrogen-bond donors (Lipinski definition) is 2. The normalized spacial score (nSPS) is 10.7. The highest BCUT2D eigenvalue weighted by Crippen LogP contribution is 2.21. The molecule has 2 aromatic rings. The minimum atomic E-state index is -0.471.